The van der Waals surface area contributed by atoms with Crippen molar-refractivity contribution in [2.24, 2.45) is 12.5 Å². The number of hydrogen-bond donors (Lipinski definition) is 1. The lowest BCUT2D eigenvalue weighted by molar-refractivity contribution is 0.0935. The van der Waals surface area contributed by atoms with Crippen molar-refractivity contribution in [3.05, 3.63) is 34.2 Å². The second-order valence-electron chi connectivity index (χ2n) is 5.39. The molecule has 1 aliphatic carbocycles. The molecule has 0 bridgehead atoms. The molecule has 1 heterocycles. The van der Waals surface area contributed by atoms with Gasteiger partial charge in [0, 0.05) is 42.7 Å². The molecule has 0 unspecified atom stereocenters. The third-order valence-electron chi connectivity index (χ3n) is 3.94. The highest BCUT2D eigenvalue weighted by Crippen LogP contribution is 2.38. The maximum atomic E-state index is 12.0. The molecule has 1 amide bonds. The summed E-state index contributed by atoms with van der Waals surface area (Å²) in [5, 5.41) is 2.91. The average molecular weight is 283 g/mol. The number of nitrogens with zero attached hydrogens (tertiary/aromatic N) is 1. The van der Waals surface area contributed by atoms with Gasteiger partial charge in [-0.05, 0) is 18.9 Å². The first kappa shape index (κ1) is 14.1. The van der Waals surface area contributed by atoms with Crippen molar-refractivity contribution in [3.8, 4) is 0 Å². The molecule has 0 saturated heterocycles. The molecule has 0 aliphatic heterocycles. The molecule has 4 nitrogen and oxygen atoms in total. The highest BCUT2D eigenvalue weighted by molar-refractivity contribution is 6.18. The Labute approximate surface area is 117 Å². The predicted octanol–water partition coefficient (Wildman–Crippen LogP) is 1.91. The average Bonchev–Trinajstić information content (AvgIpc) is 2.89. The summed E-state index contributed by atoms with van der Waals surface area (Å²) in [6.45, 7) is 0.588. The van der Waals surface area contributed by atoms with E-state index in [1.807, 2.05) is 0 Å². The Hall–Kier alpha value is -1.29. The first-order valence-corrected chi connectivity index (χ1v) is 7.11. The Morgan fingerprint density at radius 3 is 2.74 bits per heavy atom. The molecule has 1 N–H and O–H groups in total. The van der Waals surface area contributed by atoms with E-state index in [0.717, 1.165) is 12.8 Å². The number of aromatic nitrogens is 1. The van der Waals surface area contributed by atoms with Gasteiger partial charge in [-0.2, -0.15) is 0 Å². The number of carbonyl (C=O) groups excluding carboxylic acids is 1. The number of carbonyl (C=O) groups is 1. The van der Waals surface area contributed by atoms with Crippen LogP contribution in [-0.2, 0) is 7.05 Å². The molecule has 1 fully saturated rings. The standard InChI is InChI=1S/C14H19ClN2O2/c1-17-7-4-11(8-12(17)18)13(19)16-10-14(9-15)5-2-3-6-14/h4,7-8H,2-3,5-6,9-10H2,1H3,(H,16,19). The van der Waals surface area contributed by atoms with E-state index >= 15 is 0 Å². The van der Waals surface area contributed by atoms with Crippen LogP contribution in [0.15, 0.2) is 23.1 Å². The van der Waals surface area contributed by atoms with E-state index in [1.54, 1.807) is 19.3 Å². The Morgan fingerprint density at radius 1 is 1.47 bits per heavy atom. The first-order chi connectivity index (χ1) is 9.06. The fourth-order valence-corrected chi connectivity index (χ4v) is 2.90. The summed E-state index contributed by atoms with van der Waals surface area (Å²) in [5.41, 5.74) is 0.267. The van der Waals surface area contributed by atoms with E-state index in [9.17, 15) is 9.59 Å². The minimum absolute atomic E-state index is 0.0386. The zero-order valence-electron chi connectivity index (χ0n) is 11.1. The fourth-order valence-electron chi connectivity index (χ4n) is 2.54. The SMILES string of the molecule is Cn1ccc(C(=O)NCC2(CCl)CCCC2)cc1=O. The van der Waals surface area contributed by atoms with Crippen molar-refractivity contribution >= 4 is 17.5 Å². The van der Waals surface area contributed by atoms with Gasteiger partial charge in [-0.3, -0.25) is 9.59 Å². The van der Waals surface area contributed by atoms with E-state index in [0.29, 0.717) is 18.0 Å². The number of alkyl halides is 1. The van der Waals surface area contributed by atoms with Crippen LogP contribution in [0.4, 0.5) is 0 Å². The van der Waals surface area contributed by atoms with Crippen LogP contribution >= 0.6 is 11.6 Å². The van der Waals surface area contributed by atoms with Crippen molar-refractivity contribution < 1.29 is 4.79 Å². The van der Waals surface area contributed by atoms with Crippen LogP contribution in [0.1, 0.15) is 36.0 Å². The summed E-state index contributed by atoms with van der Waals surface area (Å²) < 4.78 is 1.44. The van der Waals surface area contributed by atoms with Crippen LogP contribution in [0.5, 0.6) is 0 Å². The van der Waals surface area contributed by atoms with Gasteiger partial charge >= 0.3 is 0 Å². The smallest absolute Gasteiger partial charge is 0.251 e. The molecule has 2 rings (SSSR count). The lowest BCUT2D eigenvalue weighted by Crippen LogP contribution is -2.37. The van der Waals surface area contributed by atoms with Gasteiger partial charge in [0.05, 0.1) is 0 Å². The fraction of sp³-hybridized carbons (Fsp3) is 0.571. The molecular formula is C14H19ClN2O2. The van der Waals surface area contributed by atoms with Crippen LogP contribution < -0.4 is 10.9 Å². The summed E-state index contributed by atoms with van der Waals surface area (Å²) in [6.07, 6.45) is 6.08. The summed E-state index contributed by atoms with van der Waals surface area (Å²) in [7, 11) is 1.66. The highest BCUT2D eigenvalue weighted by atomic mass is 35.5. The van der Waals surface area contributed by atoms with Gasteiger partial charge in [-0.15, -0.1) is 11.6 Å². The van der Waals surface area contributed by atoms with Crippen molar-refractivity contribution in [2.45, 2.75) is 25.7 Å². The van der Waals surface area contributed by atoms with Gasteiger partial charge in [0.2, 0.25) is 0 Å². The minimum Gasteiger partial charge on any atom is -0.351 e. The number of rotatable bonds is 4. The lowest BCUT2D eigenvalue weighted by Gasteiger charge is -2.26. The molecule has 1 aromatic rings. The monoisotopic (exact) mass is 282 g/mol. The Balaban J connectivity index is 2.01. The maximum Gasteiger partial charge on any atom is 0.251 e. The Kier molecular flexibility index (Phi) is 4.30. The normalized spacial score (nSPS) is 17.4. The van der Waals surface area contributed by atoms with Gasteiger partial charge < -0.3 is 9.88 Å². The zero-order valence-corrected chi connectivity index (χ0v) is 11.9. The number of nitrogens with one attached hydrogen (secondary N) is 1. The second kappa shape index (κ2) is 5.78. The zero-order chi connectivity index (χ0) is 13.9. The molecule has 0 atom stereocenters. The molecule has 0 spiro atoms. The molecule has 0 aromatic carbocycles. The first-order valence-electron chi connectivity index (χ1n) is 6.57. The Bertz CT molecular complexity index is 518. The summed E-state index contributed by atoms with van der Waals surface area (Å²) in [4.78, 5) is 23.5. The van der Waals surface area contributed by atoms with Crippen molar-refractivity contribution in [3.63, 3.8) is 0 Å². The number of hydrogen-bond acceptors (Lipinski definition) is 2. The van der Waals surface area contributed by atoms with E-state index in [2.05, 4.69) is 5.32 Å². The predicted molar refractivity (Wildman–Crippen MR) is 75.6 cm³/mol. The van der Waals surface area contributed by atoms with Gasteiger partial charge in [-0.25, -0.2) is 0 Å². The molecule has 1 aliphatic rings. The minimum atomic E-state index is -0.200. The highest BCUT2D eigenvalue weighted by Gasteiger charge is 2.33. The Morgan fingerprint density at radius 2 is 2.16 bits per heavy atom. The van der Waals surface area contributed by atoms with Crippen molar-refractivity contribution in [1.82, 2.24) is 9.88 Å². The summed E-state index contributed by atoms with van der Waals surface area (Å²) in [5.74, 6) is 0.373. The third-order valence-corrected chi connectivity index (χ3v) is 4.51. The number of aryl methyl sites for hydroxylation is 1. The number of amides is 1. The van der Waals surface area contributed by atoms with Crippen molar-refractivity contribution in [2.75, 3.05) is 12.4 Å². The molecule has 1 aromatic heterocycles. The van der Waals surface area contributed by atoms with E-state index < -0.39 is 0 Å². The largest absolute Gasteiger partial charge is 0.351 e. The third kappa shape index (κ3) is 3.18. The summed E-state index contributed by atoms with van der Waals surface area (Å²) >= 11 is 6.04. The van der Waals surface area contributed by atoms with Gasteiger partial charge in [0.25, 0.3) is 11.5 Å². The van der Waals surface area contributed by atoms with Gasteiger partial charge in [0.15, 0.2) is 0 Å². The van der Waals surface area contributed by atoms with E-state index in [1.165, 1.54) is 23.5 Å². The van der Waals surface area contributed by atoms with Gasteiger partial charge in [-0.1, -0.05) is 12.8 Å². The molecule has 5 heteroatoms. The van der Waals surface area contributed by atoms with Gasteiger partial charge in [0.1, 0.15) is 0 Å². The summed E-state index contributed by atoms with van der Waals surface area (Å²) in [6, 6.07) is 3.01. The van der Waals surface area contributed by atoms with Crippen LogP contribution in [0.3, 0.4) is 0 Å². The van der Waals surface area contributed by atoms with E-state index in [4.69, 9.17) is 11.6 Å². The molecule has 1 saturated carbocycles. The second-order valence-corrected chi connectivity index (χ2v) is 5.66. The molecular weight excluding hydrogens is 264 g/mol. The molecule has 0 radical (unpaired) electrons. The quantitative estimate of drug-likeness (QED) is 0.858. The van der Waals surface area contributed by atoms with Crippen LogP contribution in [-0.4, -0.2) is 22.9 Å². The van der Waals surface area contributed by atoms with Crippen LogP contribution in [0.25, 0.3) is 0 Å². The van der Waals surface area contributed by atoms with E-state index in [-0.39, 0.29) is 16.9 Å². The number of pyridine rings is 1. The van der Waals surface area contributed by atoms with Crippen molar-refractivity contribution in [1.29, 1.82) is 0 Å². The maximum absolute atomic E-state index is 12.0. The molecule has 104 valence electrons. The van der Waals surface area contributed by atoms with Crippen LogP contribution in [0.2, 0.25) is 0 Å². The topological polar surface area (TPSA) is 51.1 Å². The van der Waals surface area contributed by atoms with Crippen LogP contribution in [0, 0.1) is 5.41 Å². The lowest BCUT2D eigenvalue weighted by atomic mass is 9.88. The molecule has 19 heavy (non-hydrogen) atoms. The number of halogens is 1.